The summed E-state index contributed by atoms with van der Waals surface area (Å²) in [6.45, 7) is 1.65. The second-order valence-corrected chi connectivity index (χ2v) is 5.07. The van der Waals surface area contributed by atoms with Gasteiger partial charge in [-0.25, -0.2) is 0 Å². The van der Waals surface area contributed by atoms with Gasteiger partial charge in [0.05, 0.1) is 30.6 Å². The lowest BCUT2D eigenvalue weighted by molar-refractivity contribution is -0.385. The van der Waals surface area contributed by atoms with Crippen molar-refractivity contribution >= 4 is 17.6 Å². The first kappa shape index (κ1) is 20.2. The molecule has 0 heterocycles. The van der Waals surface area contributed by atoms with Gasteiger partial charge in [-0.2, -0.15) is 0 Å². The zero-order chi connectivity index (χ0) is 19.0. The standard InChI is InChI=1S/C15H20N2O8/c1-9(15(19)20)8-16-14(18)10-6-12(24-3)13(25-5-4-23-2)7-11(10)17(21)22/h6-7,9H,4-5,8H2,1-3H3,(H,16,18)(H,19,20). The Hall–Kier alpha value is -2.88. The third-order valence-electron chi connectivity index (χ3n) is 3.26. The summed E-state index contributed by atoms with van der Waals surface area (Å²) >= 11 is 0. The van der Waals surface area contributed by atoms with Crippen LogP contribution in [0.15, 0.2) is 12.1 Å². The number of rotatable bonds is 10. The van der Waals surface area contributed by atoms with Gasteiger partial charge in [0.1, 0.15) is 12.2 Å². The van der Waals surface area contributed by atoms with E-state index in [4.69, 9.17) is 19.3 Å². The maximum atomic E-state index is 12.2. The quantitative estimate of drug-likeness (QED) is 0.361. The van der Waals surface area contributed by atoms with Crippen molar-refractivity contribution in [2.24, 2.45) is 5.92 Å². The lowest BCUT2D eigenvalue weighted by atomic mass is 10.1. The van der Waals surface area contributed by atoms with E-state index in [1.54, 1.807) is 0 Å². The van der Waals surface area contributed by atoms with Crippen molar-refractivity contribution in [1.82, 2.24) is 5.32 Å². The Labute approximate surface area is 143 Å². The van der Waals surface area contributed by atoms with E-state index in [9.17, 15) is 19.7 Å². The minimum atomic E-state index is -1.09. The van der Waals surface area contributed by atoms with Crippen LogP contribution < -0.4 is 14.8 Å². The highest BCUT2D eigenvalue weighted by Crippen LogP contribution is 2.34. The van der Waals surface area contributed by atoms with Crippen molar-refractivity contribution in [2.45, 2.75) is 6.92 Å². The van der Waals surface area contributed by atoms with Gasteiger partial charge in [-0.05, 0) is 0 Å². The fourth-order valence-corrected chi connectivity index (χ4v) is 1.82. The minimum Gasteiger partial charge on any atom is -0.493 e. The normalized spacial score (nSPS) is 11.5. The predicted octanol–water partition coefficient (Wildman–Crippen LogP) is 1.08. The third-order valence-corrected chi connectivity index (χ3v) is 3.26. The highest BCUT2D eigenvalue weighted by atomic mass is 16.6. The lowest BCUT2D eigenvalue weighted by Gasteiger charge is -2.13. The van der Waals surface area contributed by atoms with E-state index in [2.05, 4.69) is 5.32 Å². The number of nitro benzene ring substituents is 1. The molecule has 0 aliphatic rings. The molecule has 1 amide bonds. The van der Waals surface area contributed by atoms with E-state index in [-0.39, 0.29) is 36.8 Å². The number of nitrogens with one attached hydrogen (secondary N) is 1. The number of ether oxygens (including phenoxy) is 3. The predicted molar refractivity (Wildman–Crippen MR) is 86.2 cm³/mol. The summed E-state index contributed by atoms with van der Waals surface area (Å²) in [6, 6.07) is 2.27. The zero-order valence-electron chi connectivity index (χ0n) is 14.1. The summed E-state index contributed by atoms with van der Waals surface area (Å²) in [5.74, 6) is -2.46. The number of methoxy groups -OCH3 is 2. The first-order valence-corrected chi connectivity index (χ1v) is 7.31. The van der Waals surface area contributed by atoms with E-state index in [1.807, 2.05) is 0 Å². The number of carbonyl (C=O) groups is 2. The van der Waals surface area contributed by atoms with Gasteiger partial charge in [0.2, 0.25) is 0 Å². The van der Waals surface area contributed by atoms with Crippen molar-refractivity contribution < 1.29 is 33.8 Å². The average Bonchev–Trinajstić information content (AvgIpc) is 2.58. The fourth-order valence-electron chi connectivity index (χ4n) is 1.82. The number of carbonyl (C=O) groups excluding carboxylic acids is 1. The molecule has 25 heavy (non-hydrogen) atoms. The largest absolute Gasteiger partial charge is 0.493 e. The Morgan fingerprint density at radius 3 is 2.48 bits per heavy atom. The maximum Gasteiger partial charge on any atom is 0.308 e. The van der Waals surface area contributed by atoms with Crippen LogP contribution in [-0.4, -0.2) is 55.9 Å². The summed E-state index contributed by atoms with van der Waals surface area (Å²) in [4.78, 5) is 33.5. The highest BCUT2D eigenvalue weighted by Gasteiger charge is 2.25. The molecular weight excluding hydrogens is 336 g/mol. The van der Waals surface area contributed by atoms with Gasteiger partial charge in [0, 0.05) is 19.7 Å². The van der Waals surface area contributed by atoms with Gasteiger partial charge in [-0.1, -0.05) is 6.92 Å². The molecular formula is C15H20N2O8. The van der Waals surface area contributed by atoms with Gasteiger partial charge in [0.15, 0.2) is 11.5 Å². The number of nitro groups is 1. The number of carboxylic acids is 1. The number of nitrogens with zero attached hydrogens (tertiary/aromatic N) is 1. The van der Waals surface area contributed by atoms with Crippen LogP contribution in [0, 0.1) is 16.0 Å². The van der Waals surface area contributed by atoms with E-state index in [0.717, 1.165) is 6.07 Å². The summed E-state index contributed by atoms with van der Waals surface area (Å²) in [5.41, 5.74) is -0.729. The minimum absolute atomic E-state index is 0.0988. The van der Waals surface area contributed by atoms with E-state index < -0.39 is 28.4 Å². The van der Waals surface area contributed by atoms with Crippen LogP contribution in [-0.2, 0) is 9.53 Å². The molecule has 0 saturated carbocycles. The number of aliphatic carboxylic acids is 1. The molecule has 0 radical (unpaired) electrons. The molecule has 0 aromatic heterocycles. The van der Waals surface area contributed by atoms with Crippen molar-refractivity contribution in [3.8, 4) is 11.5 Å². The average molecular weight is 356 g/mol. The van der Waals surface area contributed by atoms with E-state index in [1.165, 1.54) is 27.2 Å². The van der Waals surface area contributed by atoms with Crippen LogP contribution in [0.1, 0.15) is 17.3 Å². The summed E-state index contributed by atoms with van der Waals surface area (Å²) in [5, 5.41) is 22.4. The van der Waals surface area contributed by atoms with Crippen molar-refractivity contribution in [3.05, 3.63) is 27.8 Å². The molecule has 10 heteroatoms. The van der Waals surface area contributed by atoms with Crippen LogP contribution in [0.4, 0.5) is 5.69 Å². The topological polar surface area (TPSA) is 137 Å². The van der Waals surface area contributed by atoms with Gasteiger partial charge in [-0.15, -0.1) is 0 Å². The van der Waals surface area contributed by atoms with Crippen molar-refractivity contribution in [2.75, 3.05) is 34.0 Å². The Kier molecular flexibility index (Phi) is 7.60. The number of hydrogen-bond acceptors (Lipinski definition) is 7. The SMILES string of the molecule is COCCOc1cc([N+](=O)[O-])c(C(=O)NCC(C)C(=O)O)cc1OC. The molecule has 1 aromatic carbocycles. The first-order chi connectivity index (χ1) is 11.8. The van der Waals surface area contributed by atoms with E-state index >= 15 is 0 Å². The molecule has 0 aliphatic carbocycles. The monoisotopic (exact) mass is 356 g/mol. The van der Waals surface area contributed by atoms with Gasteiger partial charge in [0.25, 0.3) is 11.6 Å². The molecule has 0 fully saturated rings. The second kappa shape index (κ2) is 9.42. The van der Waals surface area contributed by atoms with Crippen LogP contribution in [0.5, 0.6) is 11.5 Å². The molecule has 2 N–H and O–H groups in total. The summed E-state index contributed by atoms with van der Waals surface area (Å²) < 4.78 is 15.3. The molecule has 1 aromatic rings. The Balaban J connectivity index is 3.10. The number of hydrogen-bond donors (Lipinski definition) is 2. The van der Waals surface area contributed by atoms with Crippen molar-refractivity contribution in [1.29, 1.82) is 0 Å². The molecule has 138 valence electrons. The van der Waals surface area contributed by atoms with Gasteiger partial charge >= 0.3 is 5.97 Å². The molecule has 1 rings (SSSR count). The van der Waals surface area contributed by atoms with E-state index in [0.29, 0.717) is 0 Å². The maximum absolute atomic E-state index is 12.2. The van der Waals surface area contributed by atoms with Crippen LogP contribution in [0.3, 0.4) is 0 Å². The number of carboxylic acid groups (broad SMARTS) is 1. The third kappa shape index (κ3) is 5.60. The fraction of sp³-hybridized carbons (Fsp3) is 0.467. The van der Waals surface area contributed by atoms with Crippen LogP contribution in [0.2, 0.25) is 0 Å². The molecule has 10 nitrogen and oxygen atoms in total. The zero-order valence-corrected chi connectivity index (χ0v) is 14.1. The van der Waals surface area contributed by atoms with Crippen molar-refractivity contribution in [3.63, 3.8) is 0 Å². The first-order valence-electron chi connectivity index (χ1n) is 7.31. The van der Waals surface area contributed by atoms with Gasteiger partial charge < -0.3 is 24.6 Å². The van der Waals surface area contributed by atoms with Crippen LogP contribution >= 0.6 is 0 Å². The molecule has 1 atom stereocenters. The smallest absolute Gasteiger partial charge is 0.308 e. The summed E-state index contributed by atoms with van der Waals surface area (Å²) in [7, 11) is 2.81. The number of benzene rings is 1. The molecule has 0 spiro atoms. The Bertz CT molecular complexity index is 647. The molecule has 0 bridgehead atoms. The Morgan fingerprint density at radius 2 is 1.96 bits per heavy atom. The molecule has 1 unspecified atom stereocenters. The molecule has 0 aliphatic heterocycles. The van der Waals surface area contributed by atoms with Gasteiger partial charge in [-0.3, -0.25) is 19.7 Å². The Morgan fingerprint density at radius 1 is 1.28 bits per heavy atom. The second-order valence-electron chi connectivity index (χ2n) is 5.07. The summed E-state index contributed by atoms with van der Waals surface area (Å²) in [6.07, 6.45) is 0. The van der Waals surface area contributed by atoms with Crippen LogP contribution in [0.25, 0.3) is 0 Å². The lowest BCUT2D eigenvalue weighted by Crippen LogP contribution is -2.31. The number of amides is 1. The molecule has 0 saturated heterocycles. The highest BCUT2D eigenvalue weighted by molar-refractivity contribution is 5.99.